The minimum Gasteiger partial charge on any atom is -0.444 e. The maximum absolute atomic E-state index is 12.2. The summed E-state index contributed by atoms with van der Waals surface area (Å²) in [6.07, 6.45) is 6.75. The lowest BCUT2D eigenvalue weighted by Crippen LogP contribution is -2.25. The fraction of sp³-hybridized carbons (Fsp3) is 0.429. The molecule has 0 spiro atoms. The zero-order valence-electron chi connectivity index (χ0n) is 11.2. The number of carbonyl (C=O) groups excluding carboxylic acids is 1. The molecule has 6 heteroatoms. The van der Waals surface area contributed by atoms with Gasteiger partial charge in [0.1, 0.15) is 11.5 Å². The van der Waals surface area contributed by atoms with Crippen molar-refractivity contribution in [1.29, 1.82) is 0 Å². The summed E-state index contributed by atoms with van der Waals surface area (Å²) in [5.74, 6) is 1.27. The Morgan fingerprint density at radius 2 is 2.40 bits per heavy atom. The normalized spacial score (nSPS) is 14.5. The van der Waals surface area contributed by atoms with Crippen molar-refractivity contribution < 1.29 is 9.21 Å². The lowest BCUT2D eigenvalue weighted by Gasteiger charge is -2.07. The van der Waals surface area contributed by atoms with Crippen molar-refractivity contribution >= 4 is 21.8 Å². The van der Waals surface area contributed by atoms with Crippen molar-refractivity contribution in [3.8, 4) is 0 Å². The van der Waals surface area contributed by atoms with Gasteiger partial charge in [0.2, 0.25) is 5.89 Å². The Hall–Kier alpha value is -1.56. The summed E-state index contributed by atoms with van der Waals surface area (Å²) in [5.41, 5.74) is 0.682. The van der Waals surface area contributed by atoms with Gasteiger partial charge < -0.3 is 14.3 Å². The quantitative estimate of drug-likeness (QED) is 0.911. The third kappa shape index (κ3) is 2.80. The Morgan fingerprint density at radius 1 is 1.60 bits per heavy atom. The molecule has 1 fully saturated rings. The van der Waals surface area contributed by atoms with E-state index in [2.05, 4.69) is 26.2 Å². The number of aromatic nitrogens is 2. The lowest BCUT2D eigenvalue weighted by atomic mass is 10.4. The van der Waals surface area contributed by atoms with Crippen LogP contribution in [-0.4, -0.2) is 15.5 Å². The van der Waals surface area contributed by atoms with Crippen LogP contribution in [0.4, 0.5) is 0 Å². The van der Waals surface area contributed by atoms with Gasteiger partial charge in [-0.3, -0.25) is 4.79 Å². The number of oxazole rings is 1. The van der Waals surface area contributed by atoms with Crippen LogP contribution in [-0.2, 0) is 13.0 Å². The summed E-state index contributed by atoms with van der Waals surface area (Å²) >= 11 is 3.42. The molecule has 0 saturated heterocycles. The standard InChI is InChI=1S/C14H16BrN3O2/c1-2-11-6-16-13(20-11)7-17-14(19)12-5-9(15)8-18(12)10-3-4-10/h5-6,8,10H,2-4,7H2,1H3,(H,17,19). The van der Waals surface area contributed by atoms with E-state index in [-0.39, 0.29) is 5.91 Å². The van der Waals surface area contributed by atoms with Gasteiger partial charge in [0.25, 0.3) is 5.91 Å². The van der Waals surface area contributed by atoms with Gasteiger partial charge in [0.05, 0.1) is 12.7 Å². The van der Waals surface area contributed by atoms with Crippen LogP contribution in [0, 0.1) is 0 Å². The number of rotatable bonds is 5. The highest BCUT2D eigenvalue weighted by Gasteiger charge is 2.27. The fourth-order valence-corrected chi connectivity index (χ4v) is 2.56. The van der Waals surface area contributed by atoms with Gasteiger partial charge in [-0.05, 0) is 34.8 Å². The van der Waals surface area contributed by atoms with Gasteiger partial charge in [-0.2, -0.15) is 0 Å². The third-order valence-corrected chi connectivity index (χ3v) is 3.77. The Balaban J connectivity index is 1.67. The number of carbonyl (C=O) groups is 1. The highest BCUT2D eigenvalue weighted by Crippen LogP contribution is 2.37. The molecule has 1 N–H and O–H groups in total. The van der Waals surface area contributed by atoms with E-state index in [9.17, 15) is 4.79 Å². The van der Waals surface area contributed by atoms with Gasteiger partial charge in [-0.1, -0.05) is 6.92 Å². The fourth-order valence-electron chi connectivity index (χ4n) is 2.12. The van der Waals surface area contributed by atoms with Crippen molar-refractivity contribution in [1.82, 2.24) is 14.9 Å². The lowest BCUT2D eigenvalue weighted by molar-refractivity contribution is 0.0937. The molecule has 1 aliphatic carbocycles. The van der Waals surface area contributed by atoms with Crippen molar-refractivity contribution in [2.24, 2.45) is 0 Å². The Kier molecular flexibility index (Phi) is 3.65. The van der Waals surface area contributed by atoms with E-state index < -0.39 is 0 Å². The number of hydrogen-bond acceptors (Lipinski definition) is 3. The minimum atomic E-state index is -0.0983. The van der Waals surface area contributed by atoms with Crippen LogP contribution in [0.1, 0.15) is 47.9 Å². The molecular formula is C14H16BrN3O2. The third-order valence-electron chi connectivity index (χ3n) is 3.34. The summed E-state index contributed by atoms with van der Waals surface area (Å²) in [6, 6.07) is 2.32. The molecule has 20 heavy (non-hydrogen) atoms. The van der Waals surface area contributed by atoms with Crippen molar-refractivity contribution in [3.05, 3.63) is 40.3 Å². The van der Waals surface area contributed by atoms with Crippen LogP contribution in [0.25, 0.3) is 0 Å². The van der Waals surface area contributed by atoms with E-state index in [0.717, 1.165) is 29.5 Å². The minimum absolute atomic E-state index is 0.0983. The van der Waals surface area contributed by atoms with Crippen molar-refractivity contribution in [2.75, 3.05) is 0 Å². The highest BCUT2D eigenvalue weighted by atomic mass is 79.9. The van der Waals surface area contributed by atoms with Crippen LogP contribution in [0.2, 0.25) is 0 Å². The molecule has 1 amide bonds. The van der Waals surface area contributed by atoms with Crippen LogP contribution in [0.5, 0.6) is 0 Å². The summed E-state index contributed by atoms with van der Waals surface area (Å²) in [7, 11) is 0. The molecule has 2 heterocycles. The van der Waals surface area contributed by atoms with Gasteiger partial charge >= 0.3 is 0 Å². The molecular weight excluding hydrogens is 322 g/mol. The van der Waals surface area contributed by atoms with Crippen LogP contribution < -0.4 is 5.32 Å². The average Bonchev–Trinajstić information content (AvgIpc) is 3.05. The van der Waals surface area contributed by atoms with E-state index in [0.29, 0.717) is 24.2 Å². The molecule has 1 saturated carbocycles. The van der Waals surface area contributed by atoms with E-state index in [4.69, 9.17) is 4.42 Å². The smallest absolute Gasteiger partial charge is 0.268 e. The second kappa shape index (κ2) is 5.44. The van der Waals surface area contributed by atoms with Gasteiger partial charge in [0.15, 0.2) is 0 Å². The molecule has 1 aliphatic rings. The molecule has 2 aromatic heterocycles. The summed E-state index contributed by atoms with van der Waals surface area (Å²) in [4.78, 5) is 16.4. The molecule has 0 aromatic carbocycles. The predicted octanol–water partition coefficient (Wildman–Crippen LogP) is 3.07. The molecule has 0 aliphatic heterocycles. The zero-order valence-corrected chi connectivity index (χ0v) is 12.8. The second-order valence-corrected chi connectivity index (χ2v) is 5.85. The SMILES string of the molecule is CCc1cnc(CNC(=O)c2cc(Br)cn2C2CC2)o1. The van der Waals surface area contributed by atoms with E-state index >= 15 is 0 Å². The molecule has 2 aromatic rings. The maximum atomic E-state index is 12.2. The summed E-state index contributed by atoms with van der Waals surface area (Å²) in [6.45, 7) is 2.31. The first-order chi connectivity index (χ1) is 9.67. The highest BCUT2D eigenvalue weighted by molar-refractivity contribution is 9.10. The number of halogens is 1. The average molecular weight is 338 g/mol. The maximum Gasteiger partial charge on any atom is 0.268 e. The number of aryl methyl sites for hydroxylation is 1. The number of hydrogen-bond donors (Lipinski definition) is 1. The number of nitrogens with one attached hydrogen (secondary N) is 1. The first-order valence-electron chi connectivity index (χ1n) is 6.76. The number of amides is 1. The summed E-state index contributed by atoms with van der Waals surface area (Å²) < 4.78 is 8.44. The second-order valence-electron chi connectivity index (χ2n) is 4.94. The molecule has 106 valence electrons. The molecule has 0 radical (unpaired) electrons. The largest absolute Gasteiger partial charge is 0.444 e. The molecule has 0 atom stereocenters. The van der Waals surface area contributed by atoms with Crippen molar-refractivity contribution in [2.45, 2.75) is 38.8 Å². The van der Waals surface area contributed by atoms with Crippen LogP contribution >= 0.6 is 15.9 Å². The van der Waals surface area contributed by atoms with Crippen molar-refractivity contribution in [3.63, 3.8) is 0 Å². The van der Waals surface area contributed by atoms with Gasteiger partial charge in [0, 0.05) is 23.1 Å². The van der Waals surface area contributed by atoms with E-state index in [1.54, 1.807) is 6.20 Å². The Morgan fingerprint density at radius 3 is 3.05 bits per heavy atom. The van der Waals surface area contributed by atoms with Crippen LogP contribution in [0.3, 0.4) is 0 Å². The Bertz CT molecular complexity index is 628. The number of nitrogens with zero attached hydrogens (tertiary/aromatic N) is 2. The zero-order chi connectivity index (χ0) is 14.1. The van der Waals surface area contributed by atoms with E-state index in [1.165, 1.54) is 0 Å². The molecule has 0 bridgehead atoms. The van der Waals surface area contributed by atoms with Gasteiger partial charge in [-0.25, -0.2) is 4.98 Å². The summed E-state index contributed by atoms with van der Waals surface area (Å²) in [5, 5.41) is 2.85. The Labute approximate surface area is 125 Å². The topological polar surface area (TPSA) is 60.1 Å². The molecule has 0 unspecified atom stereocenters. The van der Waals surface area contributed by atoms with E-state index in [1.807, 2.05) is 23.8 Å². The van der Waals surface area contributed by atoms with Gasteiger partial charge in [-0.15, -0.1) is 0 Å². The first kappa shape index (κ1) is 13.4. The molecule has 3 rings (SSSR count). The van der Waals surface area contributed by atoms with Crippen LogP contribution in [0.15, 0.2) is 27.3 Å². The predicted molar refractivity (Wildman–Crippen MR) is 77.5 cm³/mol. The molecule has 5 nitrogen and oxygen atoms in total. The first-order valence-corrected chi connectivity index (χ1v) is 7.56. The monoisotopic (exact) mass is 337 g/mol.